The van der Waals surface area contributed by atoms with Gasteiger partial charge >= 0.3 is 6.61 Å². The number of hydrogen-bond acceptors (Lipinski definition) is 3. The summed E-state index contributed by atoms with van der Waals surface area (Å²) < 4.78 is 33.5. The maximum Gasteiger partial charge on any atom is 0.387 e. The van der Waals surface area contributed by atoms with Crippen molar-refractivity contribution in [3.63, 3.8) is 0 Å². The van der Waals surface area contributed by atoms with E-state index in [0.717, 1.165) is 18.8 Å². The van der Waals surface area contributed by atoms with Crippen LogP contribution < -0.4 is 10.1 Å². The molecule has 104 valence electrons. The van der Waals surface area contributed by atoms with Crippen molar-refractivity contribution >= 4 is 23.0 Å². The molecule has 1 fully saturated rings. The third kappa shape index (κ3) is 4.29. The smallest absolute Gasteiger partial charge is 0.387 e. The number of ether oxygens (including phenoxy) is 2. The maximum absolute atomic E-state index is 12.0. The zero-order chi connectivity index (χ0) is 13.7. The molecule has 4 nitrogen and oxygen atoms in total. The molecule has 1 aromatic carbocycles. The van der Waals surface area contributed by atoms with Crippen LogP contribution in [0, 0.1) is 0 Å². The summed E-state index contributed by atoms with van der Waals surface area (Å²) in [5.41, 5.74) is 0.734. The Balaban J connectivity index is 1.89. The van der Waals surface area contributed by atoms with Crippen LogP contribution in [0.4, 0.5) is 14.5 Å². The molecule has 0 atom stereocenters. The van der Waals surface area contributed by atoms with Crippen molar-refractivity contribution in [1.29, 1.82) is 0 Å². The van der Waals surface area contributed by atoms with Crippen molar-refractivity contribution in [2.75, 3.05) is 31.6 Å². The van der Waals surface area contributed by atoms with E-state index in [-0.39, 0.29) is 5.75 Å². The summed E-state index contributed by atoms with van der Waals surface area (Å²) in [6, 6.07) is 6.22. The van der Waals surface area contributed by atoms with E-state index < -0.39 is 6.61 Å². The molecule has 1 aliphatic heterocycles. The molecule has 1 aliphatic rings. The third-order valence-corrected chi connectivity index (χ3v) is 2.99. The van der Waals surface area contributed by atoms with Crippen LogP contribution in [0.25, 0.3) is 0 Å². The van der Waals surface area contributed by atoms with E-state index in [0.29, 0.717) is 18.3 Å². The second-order valence-electron chi connectivity index (χ2n) is 3.93. The molecule has 0 radical (unpaired) electrons. The second-order valence-corrected chi connectivity index (χ2v) is 4.32. The Labute approximate surface area is 115 Å². The molecular weight excluding hydrogens is 274 g/mol. The van der Waals surface area contributed by atoms with Crippen LogP contribution in [0.1, 0.15) is 0 Å². The number of benzene rings is 1. The zero-order valence-electron chi connectivity index (χ0n) is 10.1. The van der Waals surface area contributed by atoms with Crippen LogP contribution in [0.3, 0.4) is 0 Å². The van der Waals surface area contributed by atoms with E-state index in [9.17, 15) is 8.78 Å². The van der Waals surface area contributed by atoms with Crippen molar-refractivity contribution in [2.24, 2.45) is 0 Å². The number of nitrogens with zero attached hydrogens (tertiary/aromatic N) is 1. The lowest BCUT2D eigenvalue weighted by Gasteiger charge is -2.29. The van der Waals surface area contributed by atoms with Gasteiger partial charge in [-0.15, -0.1) is 0 Å². The first-order valence-electron chi connectivity index (χ1n) is 5.84. The van der Waals surface area contributed by atoms with Gasteiger partial charge in [0.2, 0.25) is 0 Å². The number of nitrogens with one attached hydrogen (secondary N) is 1. The summed E-state index contributed by atoms with van der Waals surface area (Å²) in [7, 11) is 0. The third-order valence-electron chi connectivity index (χ3n) is 2.63. The van der Waals surface area contributed by atoms with Gasteiger partial charge in [0.05, 0.1) is 13.2 Å². The Morgan fingerprint density at radius 3 is 2.47 bits per heavy atom. The van der Waals surface area contributed by atoms with Gasteiger partial charge in [0.25, 0.3) is 0 Å². The van der Waals surface area contributed by atoms with Crippen molar-refractivity contribution in [3.8, 4) is 5.75 Å². The molecule has 1 N–H and O–H groups in total. The number of morpholine rings is 1. The lowest BCUT2D eigenvalue weighted by molar-refractivity contribution is -0.0498. The van der Waals surface area contributed by atoms with Crippen molar-refractivity contribution in [2.45, 2.75) is 6.61 Å². The van der Waals surface area contributed by atoms with Gasteiger partial charge in [0.15, 0.2) is 5.11 Å². The fourth-order valence-corrected chi connectivity index (χ4v) is 1.99. The number of halogens is 2. The second kappa shape index (κ2) is 6.63. The Morgan fingerprint density at radius 1 is 1.26 bits per heavy atom. The van der Waals surface area contributed by atoms with E-state index in [1.54, 1.807) is 12.1 Å². The van der Waals surface area contributed by atoms with E-state index in [4.69, 9.17) is 17.0 Å². The Hall–Kier alpha value is -1.47. The van der Waals surface area contributed by atoms with Gasteiger partial charge in [0, 0.05) is 18.8 Å². The number of thiocarbonyl (C=S) groups is 1. The lowest BCUT2D eigenvalue weighted by atomic mass is 10.3. The molecule has 0 amide bonds. The Morgan fingerprint density at radius 2 is 1.89 bits per heavy atom. The van der Waals surface area contributed by atoms with Crippen LogP contribution in [-0.4, -0.2) is 42.9 Å². The fraction of sp³-hybridized carbons (Fsp3) is 0.417. The van der Waals surface area contributed by atoms with E-state index in [2.05, 4.69) is 10.1 Å². The van der Waals surface area contributed by atoms with Crippen LogP contribution >= 0.6 is 12.2 Å². The van der Waals surface area contributed by atoms with Crippen molar-refractivity contribution in [1.82, 2.24) is 4.90 Å². The van der Waals surface area contributed by atoms with Gasteiger partial charge in [-0.05, 0) is 36.5 Å². The Bertz CT molecular complexity index is 422. The minimum Gasteiger partial charge on any atom is -0.435 e. The average Bonchev–Trinajstić information content (AvgIpc) is 2.41. The van der Waals surface area contributed by atoms with Crippen molar-refractivity contribution in [3.05, 3.63) is 24.3 Å². The summed E-state index contributed by atoms with van der Waals surface area (Å²) in [4.78, 5) is 2.00. The summed E-state index contributed by atoms with van der Waals surface area (Å²) in [5, 5.41) is 3.65. The molecule has 1 heterocycles. The minimum atomic E-state index is -2.81. The monoisotopic (exact) mass is 288 g/mol. The standard InChI is InChI=1S/C12H14F2N2O2S/c13-11(14)18-10-3-1-9(2-4-10)15-12(19)16-5-7-17-8-6-16/h1-4,11H,5-8H2,(H,15,19). The van der Waals surface area contributed by atoms with Crippen LogP contribution in [0.5, 0.6) is 5.75 Å². The molecule has 0 unspecified atom stereocenters. The molecule has 0 spiro atoms. The maximum atomic E-state index is 12.0. The summed E-state index contributed by atoms with van der Waals surface area (Å²) in [6.07, 6.45) is 0. The predicted molar refractivity (Wildman–Crippen MR) is 71.7 cm³/mol. The van der Waals surface area contributed by atoms with Gasteiger partial charge in [-0.2, -0.15) is 8.78 Å². The fourth-order valence-electron chi connectivity index (χ4n) is 1.69. The largest absolute Gasteiger partial charge is 0.435 e. The predicted octanol–water partition coefficient (Wildman–Crippen LogP) is 2.32. The minimum absolute atomic E-state index is 0.123. The van der Waals surface area contributed by atoms with Crippen LogP contribution in [-0.2, 0) is 4.74 Å². The van der Waals surface area contributed by atoms with Crippen LogP contribution in [0.15, 0.2) is 24.3 Å². The lowest BCUT2D eigenvalue weighted by Crippen LogP contribution is -2.42. The molecule has 0 aromatic heterocycles. The van der Waals surface area contributed by atoms with Crippen molar-refractivity contribution < 1.29 is 18.3 Å². The normalized spacial score (nSPS) is 15.4. The molecule has 2 rings (SSSR count). The molecule has 0 bridgehead atoms. The van der Waals surface area contributed by atoms with Crippen LogP contribution in [0.2, 0.25) is 0 Å². The number of anilines is 1. The summed E-state index contributed by atoms with van der Waals surface area (Å²) in [5.74, 6) is 0.123. The van der Waals surface area contributed by atoms with Gasteiger partial charge in [-0.3, -0.25) is 0 Å². The number of hydrogen-bond donors (Lipinski definition) is 1. The highest BCUT2D eigenvalue weighted by molar-refractivity contribution is 7.80. The van der Waals surface area contributed by atoms with Gasteiger partial charge < -0.3 is 19.7 Å². The quantitative estimate of drug-likeness (QED) is 0.863. The van der Waals surface area contributed by atoms with Gasteiger partial charge in [-0.1, -0.05) is 0 Å². The average molecular weight is 288 g/mol. The number of alkyl halides is 2. The van der Waals surface area contributed by atoms with Gasteiger partial charge in [0.1, 0.15) is 5.75 Å². The molecule has 7 heteroatoms. The summed E-state index contributed by atoms with van der Waals surface area (Å²) >= 11 is 5.27. The molecule has 1 saturated heterocycles. The SMILES string of the molecule is FC(F)Oc1ccc(NC(=S)N2CCOCC2)cc1. The Kier molecular flexibility index (Phi) is 4.86. The summed E-state index contributed by atoms with van der Waals surface area (Å²) in [6.45, 7) is -0.00349. The van der Waals surface area contributed by atoms with Gasteiger partial charge in [-0.25, -0.2) is 0 Å². The van der Waals surface area contributed by atoms with E-state index in [1.807, 2.05) is 4.90 Å². The first kappa shape index (κ1) is 14.0. The highest BCUT2D eigenvalue weighted by Gasteiger charge is 2.13. The number of rotatable bonds is 3. The molecular formula is C12H14F2N2O2S. The highest BCUT2D eigenvalue weighted by Crippen LogP contribution is 2.18. The first-order chi connectivity index (χ1) is 9.15. The molecule has 1 aromatic rings. The zero-order valence-corrected chi connectivity index (χ0v) is 11.0. The molecule has 0 aliphatic carbocycles. The molecule has 0 saturated carbocycles. The van der Waals surface area contributed by atoms with E-state index >= 15 is 0 Å². The highest BCUT2D eigenvalue weighted by atomic mass is 32.1. The molecule has 19 heavy (non-hydrogen) atoms. The van der Waals surface area contributed by atoms with E-state index in [1.165, 1.54) is 12.1 Å². The topological polar surface area (TPSA) is 33.7 Å². The first-order valence-corrected chi connectivity index (χ1v) is 6.24.